The fraction of sp³-hybridized carbons (Fsp3) is 0.474. The van der Waals surface area contributed by atoms with E-state index in [-0.39, 0.29) is 11.9 Å². The average molecular weight is 327 g/mol. The van der Waals surface area contributed by atoms with E-state index in [9.17, 15) is 4.79 Å². The van der Waals surface area contributed by atoms with E-state index in [4.69, 9.17) is 4.42 Å². The van der Waals surface area contributed by atoms with Crippen molar-refractivity contribution in [3.8, 4) is 11.3 Å². The number of aromatic nitrogens is 1. The van der Waals surface area contributed by atoms with Gasteiger partial charge >= 0.3 is 0 Å². The molecule has 5 heteroatoms. The van der Waals surface area contributed by atoms with E-state index >= 15 is 0 Å². The molecular weight excluding hydrogens is 302 g/mol. The lowest BCUT2D eigenvalue weighted by Gasteiger charge is -2.30. The zero-order valence-corrected chi connectivity index (χ0v) is 14.3. The Labute approximate surface area is 142 Å². The predicted octanol–water partition coefficient (Wildman–Crippen LogP) is 2.70. The first-order chi connectivity index (χ1) is 11.6. The van der Waals surface area contributed by atoms with Crippen LogP contribution in [0.3, 0.4) is 0 Å². The van der Waals surface area contributed by atoms with Crippen LogP contribution in [0.2, 0.25) is 0 Å². The lowest BCUT2D eigenvalue weighted by atomic mass is 9.95. The van der Waals surface area contributed by atoms with Crippen LogP contribution in [-0.4, -0.2) is 30.0 Å². The van der Waals surface area contributed by atoms with Crippen molar-refractivity contribution < 1.29 is 9.21 Å². The van der Waals surface area contributed by atoms with Gasteiger partial charge in [-0.25, -0.2) is 4.98 Å². The van der Waals surface area contributed by atoms with Crippen LogP contribution in [0.5, 0.6) is 0 Å². The largest absolute Gasteiger partial charge is 0.440 e. The third kappa shape index (κ3) is 4.03. The summed E-state index contributed by atoms with van der Waals surface area (Å²) in [6, 6.07) is 10.2. The van der Waals surface area contributed by atoms with E-state index in [1.807, 2.05) is 37.3 Å². The topological polar surface area (TPSA) is 67.2 Å². The van der Waals surface area contributed by atoms with Gasteiger partial charge in [-0.2, -0.15) is 0 Å². The first-order valence-corrected chi connectivity index (χ1v) is 8.65. The third-order valence-electron chi connectivity index (χ3n) is 4.57. The second-order valence-electron chi connectivity index (χ2n) is 6.53. The number of nitrogens with zero attached hydrogens (tertiary/aromatic N) is 1. The van der Waals surface area contributed by atoms with Gasteiger partial charge in [0.1, 0.15) is 0 Å². The van der Waals surface area contributed by atoms with Crippen molar-refractivity contribution >= 4 is 5.91 Å². The van der Waals surface area contributed by atoms with Crippen molar-refractivity contribution in [1.82, 2.24) is 15.6 Å². The van der Waals surface area contributed by atoms with Crippen molar-refractivity contribution in [1.29, 1.82) is 0 Å². The summed E-state index contributed by atoms with van der Waals surface area (Å²) in [5, 5.41) is 6.49. The molecule has 24 heavy (non-hydrogen) atoms. The summed E-state index contributed by atoms with van der Waals surface area (Å²) in [5.41, 5.74) is 1.88. The summed E-state index contributed by atoms with van der Waals surface area (Å²) in [6.07, 6.45) is 1.92. The number of piperidine rings is 1. The second kappa shape index (κ2) is 7.62. The quantitative estimate of drug-likeness (QED) is 0.886. The molecule has 2 atom stereocenters. The monoisotopic (exact) mass is 327 g/mol. The first kappa shape index (κ1) is 16.7. The van der Waals surface area contributed by atoms with Gasteiger partial charge in [0.25, 0.3) is 0 Å². The van der Waals surface area contributed by atoms with E-state index in [1.54, 1.807) is 0 Å². The van der Waals surface area contributed by atoms with E-state index in [0.717, 1.165) is 36.5 Å². The summed E-state index contributed by atoms with van der Waals surface area (Å²) in [7, 11) is 0. The molecule has 1 aliphatic rings. The molecular formula is C19H25N3O2. The molecule has 1 aliphatic heterocycles. The number of hydrogen-bond acceptors (Lipinski definition) is 4. The van der Waals surface area contributed by atoms with Crippen LogP contribution >= 0.6 is 0 Å². The molecule has 2 unspecified atom stereocenters. The molecule has 2 aromatic rings. The standard InChI is InChI=1S/C19H25N3O2/c1-13-12-20-11-10-16(13)22-17(23)8-9-18-21-14(2)19(24-18)15-6-4-3-5-7-15/h3-7,13,16,20H,8-12H2,1-2H3,(H,22,23). The number of carbonyl (C=O) groups excluding carboxylic acids is 1. The molecule has 2 heterocycles. The molecule has 1 fully saturated rings. The number of rotatable bonds is 5. The molecule has 1 aromatic carbocycles. The van der Waals surface area contributed by atoms with Gasteiger partial charge in [-0.15, -0.1) is 0 Å². The minimum absolute atomic E-state index is 0.0749. The van der Waals surface area contributed by atoms with Crippen LogP contribution in [-0.2, 0) is 11.2 Å². The molecule has 128 valence electrons. The summed E-state index contributed by atoms with van der Waals surface area (Å²) in [6.45, 7) is 6.03. The maximum atomic E-state index is 12.2. The fourth-order valence-electron chi connectivity index (χ4n) is 3.14. The minimum Gasteiger partial charge on any atom is -0.440 e. The predicted molar refractivity (Wildman–Crippen MR) is 93.6 cm³/mol. The highest BCUT2D eigenvalue weighted by atomic mass is 16.4. The van der Waals surface area contributed by atoms with Gasteiger partial charge in [0.2, 0.25) is 5.91 Å². The van der Waals surface area contributed by atoms with E-state index < -0.39 is 0 Å². The average Bonchev–Trinajstić information content (AvgIpc) is 2.97. The van der Waals surface area contributed by atoms with E-state index in [0.29, 0.717) is 24.7 Å². The fourth-order valence-corrected chi connectivity index (χ4v) is 3.14. The highest BCUT2D eigenvalue weighted by Crippen LogP contribution is 2.24. The Morgan fingerprint density at radius 3 is 2.92 bits per heavy atom. The molecule has 5 nitrogen and oxygen atoms in total. The number of carbonyl (C=O) groups is 1. The Morgan fingerprint density at radius 2 is 2.17 bits per heavy atom. The molecule has 0 aliphatic carbocycles. The van der Waals surface area contributed by atoms with Gasteiger partial charge in [-0.3, -0.25) is 4.79 Å². The van der Waals surface area contributed by atoms with Gasteiger partial charge in [-0.1, -0.05) is 37.3 Å². The molecule has 0 bridgehead atoms. The van der Waals surface area contributed by atoms with Gasteiger partial charge in [0.15, 0.2) is 11.7 Å². The molecule has 3 rings (SSSR count). The van der Waals surface area contributed by atoms with Crippen molar-refractivity contribution in [2.24, 2.45) is 5.92 Å². The van der Waals surface area contributed by atoms with Crippen LogP contribution in [0.1, 0.15) is 31.4 Å². The third-order valence-corrected chi connectivity index (χ3v) is 4.57. The molecule has 2 N–H and O–H groups in total. The van der Waals surface area contributed by atoms with E-state index in [2.05, 4.69) is 22.5 Å². The lowest BCUT2D eigenvalue weighted by Crippen LogP contribution is -2.48. The highest BCUT2D eigenvalue weighted by Gasteiger charge is 2.22. The first-order valence-electron chi connectivity index (χ1n) is 8.65. The zero-order valence-electron chi connectivity index (χ0n) is 14.3. The van der Waals surface area contributed by atoms with Crippen molar-refractivity contribution in [2.75, 3.05) is 13.1 Å². The van der Waals surface area contributed by atoms with Crippen LogP contribution in [0.4, 0.5) is 0 Å². The summed E-state index contributed by atoms with van der Waals surface area (Å²) < 4.78 is 5.86. The van der Waals surface area contributed by atoms with Crippen molar-refractivity contribution in [3.63, 3.8) is 0 Å². The SMILES string of the molecule is Cc1nc(CCC(=O)NC2CCNCC2C)oc1-c1ccccc1. The molecule has 0 spiro atoms. The van der Waals surface area contributed by atoms with Crippen LogP contribution in [0.25, 0.3) is 11.3 Å². The smallest absolute Gasteiger partial charge is 0.220 e. The zero-order chi connectivity index (χ0) is 16.9. The number of hydrogen-bond donors (Lipinski definition) is 2. The minimum atomic E-state index is 0.0749. The van der Waals surface area contributed by atoms with Crippen LogP contribution < -0.4 is 10.6 Å². The highest BCUT2D eigenvalue weighted by molar-refractivity contribution is 5.76. The Kier molecular flexibility index (Phi) is 5.30. The molecule has 0 saturated carbocycles. The molecule has 1 amide bonds. The summed E-state index contributed by atoms with van der Waals surface area (Å²) >= 11 is 0. The van der Waals surface area contributed by atoms with E-state index in [1.165, 1.54) is 0 Å². The Hall–Kier alpha value is -2.14. The van der Waals surface area contributed by atoms with Crippen molar-refractivity contribution in [2.45, 2.75) is 39.2 Å². The number of oxazole rings is 1. The molecule has 0 radical (unpaired) electrons. The number of aryl methyl sites for hydroxylation is 2. The normalized spacial score (nSPS) is 20.8. The van der Waals surface area contributed by atoms with Crippen LogP contribution in [0, 0.1) is 12.8 Å². The summed E-state index contributed by atoms with van der Waals surface area (Å²) in [4.78, 5) is 16.7. The maximum Gasteiger partial charge on any atom is 0.220 e. The number of amides is 1. The molecule has 1 saturated heterocycles. The lowest BCUT2D eigenvalue weighted by molar-refractivity contribution is -0.122. The van der Waals surface area contributed by atoms with Gasteiger partial charge in [0, 0.05) is 24.4 Å². The number of nitrogens with one attached hydrogen (secondary N) is 2. The maximum absolute atomic E-state index is 12.2. The van der Waals surface area contributed by atoms with Gasteiger partial charge in [-0.05, 0) is 32.4 Å². The number of benzene rings is 1. The van der Waals surface area contributed by atoms with Gasteiger partial charge in [0.05, 0.1) is 5.69 Å². The molecule has 1 aromatic heterocycles. The Morgan fingerprint density at radius 1 is 1.38 bits per heavy atom. The van der Waals surface area contributed by atoms with Crippen LogP contribution in [0.15, 0.2) is 34.7 Å². The Balaban J connectivity index is 1.56. The van der Waals surface area contributed by atoms with Crippen molar-refractivity contribution in [3.05, 3.63) is 41.9 Å². The van der Waals surface area contributed by atoms with Gasteiger partial charge < -0.3 is 15.1 Å². The Bertz CT molecular complexity index is 681. The summed E-state index contributed by atoms with van der Waals surface area (Å²) in [5.74, 6) is 1.96. The second-order valence-corrected chi connectivity index (χ2v) is 6.53.